The molecule has 0 aliphatic carbocycles. The lowest BCUT2D eigenvalue weighted by Crippen LogP contribution is -2.36. The Balaban J connectivity index is 2.80. The quantitative estimate of drug-likeness (QED) is 0.848. The van der Waals surface area contributed by atoms with Crippen molar-refractivity contribution in [2.45, 2.75) is 26.8 Å². The molecule has 0 spiro atoms. The fourth-order valence-electron chi connectivity index (χ4n) is 1.28. The molecule has 1 aromatic rings. The van der Waals surface area contributed by atoms with Gasteiger partial charge in [0.1, 0.15) is 5.75 Å². The van der Waals surface area contributed by atoms with Gasteiger partial charge in [0.2, 0.25) is 0 Å². The number of rotatable bonds is 4. The Kier molecular flexibility index (Phi) is 4.35. The summed E-state index contributed by atoms with van der Waals surface area (Å²) < 4.78 is 5.15. The second-order valence-electron chi connectivity index (χ2n) is 4.21. The Morgan fingerprint density at radius 1 is 1.25 bits per heavy atom. The topological polar surface area (TPSA) is 38.3 Å². The molecule has 0 radical (unpaired) electrons. The summed E-state index contributed by atoms with van der Waals surface area (Å²) in [5.41, 5.74) is 0.581. The highest BCUT2D eigenvalue weighted by atomic mass is 16.5. The molecule has 0 aliphatic heterocycles. The molecule has 88 valence electrons. The summed E-state index contributed by atoms with van der Waals surface area (Å²) in [4.78, 5) is 11.9. The first-order valence-electron chi connectivity index (χ1n) is 5.50. The van der Waals surface area contributed by atoms with Gasteiger partial charge in [0, 0.05) is 6.04 Å². The van der Waals surface area contributed by atoms with Crippen LogP contribution in [-0.4, -0.2) is 19.1 Å². The van der Waals surface area contributed by atoms with Gasteiger partial charge in [-0.25, -0.2) is 0 Å². The predicted octanol–water partition coefficient (Wildman–Crippen LogP) is 2.47. The van der Waals surface area contributed by atoms with Crippen LogP contribution in [0.5, 0.6) is 5.75 Å². The Hall–Kier alpha value is -1.51. The van der Waals surface area contributed by atoms with E-state index in [1.165, 1.54) is 0 Å². The van der Waals surface area contributed by atoms with E-state index < -0.39 is 0 Å². The minimum absolute atomic E-state index is 0.0846. The van der Waals surface area contributed by atoms with Crippen molar-refractivity contribution in [2.24, 2.45) is 5.92 Å². The molecule has 0 unspecified atom stereocenters. The Morgan fingerprint density at radius 2 is 1.88 bits per heavy atom. The average Bonchev–Trinajstić information content (AvgIpc) is 2.28. The van der Waals surface area contributed by atoms with Gasteiger partial charge in [0.25, 0.3) is 5.91 Å². The third kappa shape index (κ3) is 2.99. The molecule has 0 saturated heterocycles. The fourth-order valence-corrected chi connectivity index (χ4v) is 1.28. The van der Waals surface area contributed by atoms with Crippen LogP contribution >= 0.6 is 0 Å². The van der Waals surface area contributed by atoms with Crippen molar-refractivity contribution >= 4 is 5.91 Å². The summed E-state index contributed by atoms with van der Waals surface area (Å²) in [6.07, 6.45) is 0. The molecule has 0 saturated carbocycles. The molecule has 1 atom stereocenters. The molecule has 3 nitrogen and oxygen atoms in total. The molecule has 3 heteroatoms. The minimum atomic E-state index is -0.0846. The largest absolute Gasteiger partial charge is 0.496 e. The van der Waals surface area contributed by atoms with Gasteiger partial charge in [0.05, 0.1) is 12.7 Å². The maximum atomic E-state index is 11.9. The van der Waals surface area contributed by atoms with Crippen LogP contribution in [0.3, 0.4) is 0 Å². The number of ether oxygens (including phenoxy) is 1. The lowest BCUT2D eigenvalue weighted by Gasteiger charge is -2.18. The van der Waals surface area contributed by atoms with E-state index in [-0.39, 0.29) is 11.9 Å². The van der Waals surface area contributed by atoms with Crippen LogP contribution in [0.2, 0.25) is 0 Å². The molecule has 0 aliphatic rings. The van der Waals surface area contributed by atoms with Crippen molar-refractivity contribution in [2.75, 3.05) is 7.11 Å². The van der Waals surface area contributed by atoms with Gasteiger partial charge in [-0.1, -0.05) is 26.0 Å². The zero-order valence-electron chi connectivity index (χ0n) is 10.3. The minimum Gasteiger partial charge on any atom is -0.496 e. The lowest BCUT2D eigenvalue weighted by molar-refractivity contribution is 0.0927. The molecular weight excluding hydrogens is 202 g/mol. The lowest BCUT2D eigenvalue weighted by atomic mass is 10.1. The zero-order chi connectivity index (χ0) is 12.1. The maximum absolute atomic E-state index is 11.9. The molecular formula is C13H19NO2. The number of hydrogen-bond acceptors (Lipinski definition) is 2. The number of benzene rings is 1. The predicted molar refractivity (Wildman–Crippen MR) is 64.8 cm³/mol. The number of carbonyl (C=O) groups excluding carboxylic acids is 1. The van der Waals surface area contributed by atoms with Gasteiger partial charge < -0.3 is 10.1 Å². The Bertz CT molecular complexity index is 361. The van der Waals surface area contributed by atoms with Gasteiger partial charge in [-0.15, -0.1) is 0 Å². The highest BCUT2D eigenvalue weighted by molar-refractivity contribution is 5.97. The molecule has 1 aromatic carbocycles. The van der Waals surface area contributed by atoms with E-state index in [1.54, 1.807) is 19.2 Å². The number of methoxy groups -OCH3 is 1. The van der Waals surface area contributed by atoms with Crippen LogP contribution in [0, 0.1) is 5.92 Å². The van der Waals surface area contributed by atoms with Gasteiger partial charge in [-0.3, -0.25) is 4.79 Å². The first-order valence-corrected chi connectivity index (χ1v) is 5.50. The summed E-state index contributed by atoms with van der Waals surface area (Å²) in [5, 5.41) is 2.95. The van der Waals surface area contributed by atoms with E-state index in [2.05, 4.69) is 19.2 Å². The van der Waals surface area contributed by atoms with Crippen molar-refractivity contribution in [3.63, 3.8) is 0 Å². The van der Waals surface area contributed by atoms with Gasteiger partial charge in [0.15, 0.2) is 0 Å². The van der Waals surface area contributed by atoms with Gasteiger partial charge in [-0.2, -0.15) is 0 Å². The monoisotopic (exact) mass is 221 g/mol. The van der Waals surface area contributed by atoms with E-state index in [1.807, 2.05) is 19.1 Å². The van der Waals surface area contributed by atoms with Crippen molar-refractivity contribution in [3.8, 4) is 5.75 Å². The molecule has 0 heterocycles. The third-order valence-corrected chi connectivity index (χ3v) is 2.71. The average molecular weight is 221 g/mol. The van der Waals surface area contributed by atoms with Crippen LogP contribution in [0.1, 0.15) is 31.1 Å². The van der Waals surface area contributed by atoms with E-state index in [0.717, 1.165) is 0 Å². The fraction of sp³-hybridized carbons (Fsp3) is 0.462. The Morgan fingerprint density at radius 3 is 2.44 bits per heavy atom. The maximum Gasteiger partial charge on any atom is 0.255 e. The first-order chi connectivity index (χ1) is 7.56. The Labute approximate surface area is 96.8 Å². The van der Waals surface area contributed by atoms with Crippen molar-refractivity contribution in [1.82, 2.24) is 5.32 Å². The van der Waals surface area contributed by atoms with Gasteiger partial charge >= 0.3 is 0 Å². The summed E-state index contributed by atoms with van der Waals surface area (Å²) >= 11 is 0. The second-order valence-corrected chi connectivity index (χ2v) is 4.21. The number of amides is 1. The third-order valence-electron chi connectivity index (χ3n) is 2.71. The summed E-state index contributed by atoms with van der Waals surface area (Å²) in [5.74, 6) is 0.938. The molecule has 1 amide bonds. The highest BCUT2D eigenvalue weighted by Crippen LogP contribution is 2.17. The molecule has 1 N–H and O–H groups in total. The van der Waals surface area contributed by atoms with Crippen LogP contribution < -0.4 is 10.1 Å². The molecule has 0 aromatic heterocycles. The number of hydrogen-bond donors (Lipinski definition) is 1. The van der Waals surface area contributed by atoms with E-state index >= 15 is 0 Å². The number of nitrogens with one attached hydrogen (secondary N) is 1. The summed E-state index contributed by atoms with van der Waals surface area (Å²) in [7, 11) is 1.57. The second kappa shape index (κ2) is 5.54. The van der Waals surface area contributed by atoms with E-state index in [4.69, 9.17) is 4.74 Å². The summed E-state index contributed by atoms with van der Waals surface area (Å²) in [6.45, 7) is 6.15. The molecule has 0 bridgehead atoms. The smallest absolute Gasteiger partial charge is 0.255 e. The van der Waals surface area contributed by atoms with Crippen LogP contribution in [0.25, 0.3) is 0 Å². The van der Waals surface area contributed by atoms with Crippen LogP contribution in [0.4, 0.5) is 0 Å². The van der Waals surface area contributed by atoms with Crippen molar-refractivity contribution in [3.05, 3.63) is 29.8 Å². The molecule has 1 rings (SSSR count). The van der Waals surface area contributed by atoms with Crippen molar-refractivity contribution in [1.29, 1.82) is 0 Å². The molecule has 16 heavy (non-hydrogen) atoms. The first kappa shape index (κ1) is 12.6. The molecule has 0 fully saturated rings. The summed E-state index contributed by atoms with van der Waals surface area (Å²) in [6, 6.07) is 7.38. The van der Waals surface area contributed by atoms with Crippen LogP contribution in [0.15, 0.2) is 24.3 Å². The van der Waals surface area contributed by atoms with E-state index in [9.17, 15) is 4.79 Å². The normalized spacial score (nSPS) is 12.3. The zero-order valence-corrected chi connectivity index (χ0v) is 10.3. The van der Waals surface area contributed by atoms with Gasteiger partial charge in [-0.05, 0) is 25.0 Å². The van der Waals surface area contributed by atoms with E-state index in [0.29, 0.717) is 17.2 Å². The highest BCUT2D eigenvalue weighted by Gasteiger charge is 2.15. The SMILES string of the molecule is COc1ccccc1C(=O)N[C@H](C)C(C)C. The van der Waals surface area contributed by atoms with Crippen LogP contribution in [-0.2, 0) is 0 Å². The number of para-hydroxylation sites is 1. The number of carbonyl (C=O) groups is 1. The van der Waals surface area contributed by atoms with Crippen molar-refractivity contribution < 1.29 is 9.53 Å². The standard InChI is InChI=1S/C13H19NO2/c1-9(2)10(3)14-13(15)11-7-5-6-8-12(11)16-4/h5-10H,1-4H3,(H,14,15)/t10-/m1/s1.